The predicted octanol–water partition coefficient (Wildman–Crippen LogP) is 3.37. The quantitative estimate of drug-likeness (QED) is 0.706. The fourth-order valence-corrected chi connectivity index (χ4v) is 2.24. The minimum atomic E-state index is -0.293. The third kappa shape index (κ3) is 5.12. The molecule has 0 aliphatic carbocycles. The molecule has 0 unspecified atom stereocenters. The summed E-state index contributed by atoms with van der Waals surface area (Å²) in [5.41, 5.74) is 0.958. The molecule has 2 aromatic carbocycles. The second-order valence-electron chi connectivity index (χ2n) is 5.06. The lowest BCUT2D eigenvalue weighted by Gasteiger charge is -2.14. The molecule has 0 saturated carbocycles. The monoisotopic (exact) mass is 345 g/mol. The maximum atomic E-state index is 12.7. The first-order chi connectivity index (χ1) is 12.2. The SMILES string of the molecule is CCOCCOc1ccccc1C(=O)Nc1cc(OC)ccc1OC. The van der Waals surface area contributed by atoms with Crippen molar-refractivity contribution in [3.63, 3.8) is 0 Å². The maximum Gasteiger partial charge on any atom is 0.259 e. The normalized spacial score (nSPS) is 10.2. The number of hydrogen-bond donors (Lipinski definition) is 1. The number of amides is 1. The highest BCUT2D eigenvalue weighted by molar-refractivity contribution is 6.07. The Morgan fingerprint density at radius 3 is 2.52 bits per heavy atom. The van der Waals surface area contributed by atoms with Crippen LogP contribution < -0.4 is 19.5 Å². The average molecular weight is 345 g/mol. The molecule has 25 heavy (non-hydrogen) atoms. The second kappa shape index (κ2) is 9.54. The Labute approximate surface area is 147 Å². The Morgan fingerprint density at radius 2 is 1.80 bits per heavy atom. The summed E-state index contributed by atoms with van der Waals surface area (Å²) < 4.78 is 21.4. The van der Waals surface area contributed by atoms with Crippen LogP contribution in [0.25, 0.3) is 0 Å². The zero-order valence-electron chi connectivity index (χ0n) is 14.7. The van der Waals surface area contributed by atoms with Gasteiger partial charge in [-0.15, -0.1) is 0 Å². The third-order valence-corrected chi connectivity index (χ3v) is 3.48. The van der Waals surface area contributed by atoms with Crippen LogP contribution in [0.5, 0.6) is 17.2 Å². The number of anilines is 1. The van der Waals surface area contributed by atoms with Gasteiger partial charge in [-0.1, -0.05) is 12.1 Å². The molecule has 0 fully saturated rings. The molecule has 0 spiro atoms. The summed E-state index contributed by atoms with van der Waals surface area (Å²) in [6.07, 6.45) is 0. The average Bonchev–Trinajstić information content (AvgIpc) is 2.65. The largest absolute Gasteiger partial charge is 0.497 e. The summed E-state index contributed by atoms with van der Waals surface area (Å²) in [5.74, 6) is 1.38. The molecule has 0 bridgehead atoms. The lowest BCUT2D eigenvalue weighted by atomic mass is 10.1. The molecule has 0 saturated heterocycles. The van der Waals surface area contributed by atoms with Gasteiger partial charge in [-0.05, 0) is 31.2 Å². The molecule has 134 valence electrons. The van der Waals surface area contributed by atoms with E-state index in [4.69, 9.17) is 18.9 Å². The molecule has 2 aromatic rings. The van der Waals surface area contributed by atoms with Gasteiger partial charge in [-0.3, -0.25) is 4.79 Å². The number of methoxy groups -OCH3 is 2. The van der Waals surface area contributed by atoms with E-state index in [2.05, 4.69) is 5.32 Å². The van der Waals surface area contributed by atoms with E-state index >= 15 is 0 Å². The van der Waals surface area contributed by atoms with Crippen LogP contribution in [0.15, 0.2) is 42.5 Å². The van der Waals surface area contributed by atoms with Gasteiger partial charge < -0.3 is 24.3 Å². The van der Waals surface area contributed by atoms with E-state index < -0.39 is 0 Å². The minimum absolute atomic E-state index is 0.293. The van der Waals surface area contributed by atoms with Crippen molar-refractivity contribution < 1.29 is 23.7 Å². The van der Waals surface area contributed by atoms with Gasteiger partial charge >= 0.3 is 0 Å². The van der Waals surface area contributed by atoms with Gasteiger partial charge in [0.1, 0.15) is 23.9 Å². The molecule has 0 aliphatic heterocycles. The number of ether oxygens (including phenoxy) is 4. The fraction of sp³-hybridized carbons (Fsp3) is 0.316. The number of para-hydroxylation sites is 1. The van der Waals surface area contributed by atoms with E-state index in [1.165, 1.54) is 0 Å². The number of carbonyl (C=O) groups is 1. The molecule has 0 radical (unpaired) electrons. The zero-order valence-corrected chi connectivity index (χ0v) is 14.7. The van der Waals surface area contributed by atoms with Crippen molar-refractivity contribution in [2.45, 2.75) is 6.92 Å². The van der Waals surface area contributed by atoms with Crippen LogP contribution in [-0.4, -0.2) is 39.9 Å². The van der Waals surface area contributed by atoms with Crippen molar-refractivity contribution in [2.24, 2.45) is 0 Å². The first-order valence-electron chi connectivity index (χ1n) is 8.02. The van der Waals surface area contributed by atoms with Crippen molar-refractivity contribution >= 4 is 11.6 Å². The lowest BCUT2D eigenvalue weighted by Crippen LogP contribution is -2.15. The van der Waals surface area contributed by atoms with Crippen LogP contribution in [0, 0.1) is 0 Å². The molecular formula is C19H23NO5. The number of nitrogens with one attached hydrogen (secondary N) is 1. The Hall–Kier alpha value is -2.73. The molecule has 0 aliphatic rings. The van der Waals surface area contributed by atoms with Crippen LogP contribution >= 0.6 is 0 Å². The van der Waals surface area contributed by atoms with Crippen molar-refractivity contribution in [1.82, 2.24) is 0 Å². The topological polar surface area (TPSA) is 66.0 Å². The summed E-state index contributed by atoms with van der Waals surface area (Å²) in [6, 6.07) is 12.3. The summed E-state index contributed by atoms with van der Waals surface area (Å²) in [4.78, 5) is 12.7. The van der Waals surface area contributed by atoms with Crippen molar-refractivity contribution in [3.05, 3.63) is 48.0 Å². The Kier molecular flexibility index (Phi) is 7.10. The van der Waals surface area contributed by atoms with E-state index in [-0.39, 0.29) is 5.91 Å². The van der Waals surface area contributed by atoms with Gasteiger partial charge in [0.15, 0.2) is 0 Å². The molecule has 6 nitrogen and oxygen atoms in total. The fourth-order valence-electron chi connectivity index (χ4n) is 2.24. The minimum Gasteiger partial charge on any atom is -0.497 e. The van der Waals surface area contributed by atoms with Gasteiger partial charge in [0.05, 0.1) is 32.1 Å². The third-order valence-electron chi connectivity index (χ3n) is 3.48. The van der Waals surface area contributed by atoms with E-state index in [1.54, 1.807) is 50.6 Å². The predicted molar refractivity (Wildman–Crippen MR) is 95.9 cm³/mol. The molecule has 6 heteroatoms. The summed E-state index contributed by atoms with van der Waals surface area (Å²) in [6.45, 7) is 3.39. The summed E-state index contributed by atoms with van der Waals surface area (Å²) >= 11 is 0. The van der Waals surface area contributed by atoms with E-state index in [9.17, 15) is 4.79 Å². The van der Waals surface area contributed by atoms with Crippen LogP contribution in [0.3, 0.4) is 0 Å². The number of benzene rings is 2. The van der Waals surface area contributed by atoms with Gasteiger partial charge in [0, 0.05) is 12.7 Å². The highest BCUT2D eigenvalue weighted by Gasteiger charge is 2.15. The first kappa shape index (κ1) is 18.6. The molecule has 1 N–H and O–H groups in total. The van der Waals surface area contributed by atoms with Gasteiger partial charge in [-0.25, -0.2) is 0 Å². The number of hydrogen-bond acceptors (Lipinski definition) is 5. The highest BCUT2D eigenvalue weighted by atomic mass is 16.5. The van der Waals surface area contributed by atoms with Gasteiger partial charge in [0.25, 0.3) is 5.91 Å². The van der Waals surface area contributed by atoms with Crippen molar-refractivity contribution in [3.8, 4) is 17.2 Å². The van der Waals surface area contributed by atoms with Gasteiger partial charge in [-0.2, -0.15) is 0 Å². The molecule has 0 heterocycles. The summed E-state index contributed by atoms with van der Waals surface area (Å²) in [7, 11) is 3.11. The first-order valence-corrected chi connectivity index (χ1v) is 8.02. The van der Waals surface area contributed by atoms with E-state index in [0.29, 0.717) is 48.3 Å². The van der Waals surface area contributed by atoms with E-state index in [0.717, 1.165) is 0 Å². The summed E-state index contributed by atoms with van der Waals surface area (Å²) in [5, 5.41) is 2.84. The Bertz CT molecular complexity index is 702. The smallest absolute Gasteiger partial charge is 0.259 e. The molecular weight excluding hydrogens is 322 g/mol. The molecule has 1 amide bonds. The number of carbonyl (C=O) groups excluding carboxylic acids is 1. The molecule has 0 atom stereocenters. The van der Waals surface area contributed by atoms with Gasteiger partial charge in [0.2, 0.25) is 0 Å². The van der Waals surface area contributed by atoms with Crippen LogP contribution in [0.1, 0.15) is 17.3 Å². The Balaban J connectivity index is 2.16. The molecule has 2 rings (SSSR count). The van der Waals surface area contributed by atoms with Crippen molar-refractivity contribution in [2.75, 3.05) is 39.4 Å². The standard InChI is InChI=1S/C19H23NO5/c1-4-24-11-12-25-17-8-6-5-7-15(17)19(21)20-16-13-14(22-2)9-10-18(16)23-3/h5-10,13H,4,11-12H2,1-3H3,(H,20,21). The van der Waals surface area contributed by atoms with E-state index in [1.807, 2.05) is 13.0 Å². The van der Waals surface area contributed by atoms with Crippen molar-refractivity contribution in [1.29, 1.82) is 0 Å². The van der Waals surface area contributed by atoms with Crippen LogP contribution in [-0.2, 0) is 4.74 Å². The van der Waals surface area contributed by atoms with Crippen LogP contribution in [0.4, 0.5) is 5.69 Å². The maximum absolute atomic E-state index is 12.7. The second-order valence-corrected chi connectivity index (χ2v) is 5.06. The highest BCUT2D eigenvalue weighted by Crippen LogP contribution is 2.30. The number of rotatable bonds is 9. The zero-order chi connectivity index (χ0) is 18.1. The Morgan fingerprint density at radius 1 is 1.00 bits per heavy atom. The van der Waals surface area contributed by atoms with Crippen LogP contribution in [0.2, 0.25) is 0 Å². The lowest BCUT2D eigenvalue weighted by molar-refractivity contribution is 0.0998. The molecule has 0 aromatic heterocycles.